The summed E-state index contributed by atoms with van der Waals surface area (Å²) in [6.07, 6.45) is 9.92. The first kappa shape index (κ1) is 18.2. The Morgan fingerprint density at radius 3 is 2.57 bits per heavy atom. The first-order chi connectivity index (χ1) is 10.8. The van der Waals surface area contributed by atoms with Crippen molar-refractivity contribution in [2.45, 2.75) is 19.8 Å². The highest BCUT2D eigenvalue weighted by molar-refractivity contribution is 6.05. The van der Waals surface area contributed by atoms with Crippen molar-refractivity contribution in [3.63, 3.8) is 0 Å². The van der Waals surface area contributed by atoms with E-state index in [9.17, 15) is 14.7 Å². The smallest absolute Gasteiger partial charge is 0.378 e. The zero-order valence-corrected chi connectivity index (χ0v) is 13.3. The van der Waals surface area contributed by atoms with Crippen molar-refractivity contribution in [2.75, 3.05) is 0 Å². The SMILES string of the molecule is C=CC(=C)C(=O)\C=C/C=C\C(C)=C\[C@H](C)c1ccc(O)c(=O)o1. The molecular formula is C19H20O4. The molecular weight excluding hydrogens is 292 g/mol. The van der Waals surface area contributed by atoms with Crippen LogP contribution in [0.2, 0.25) is 0 Å². The molecule has 0 unspecified atom stereocenters. The van der Waals surface area contributed by atoms with Crippen LogP contribution in [-0.4, -0.2) is 10.9 Å². The average Bonchev–Trinajstić information content (AvgIpc) is 2.52. The van der Waals surface area contributed by atoms with E-state index in [1.165, 1.54) is 18.2 Å². The highest BCUT2D eigenvalue weighted by atomic mass is 16.4. The van der Waals surface area contributed by atoms with Crippen LogP contribution in [0.5, 0.6) is 5.75 Å². The molecule has 0 spiro atoms. The van der Waals surface area contributed by atoms with Crippen molar-refractivity contribution in [1.82, 2.24) is 0 Å². The zero-order chi connectivity index (χ0) is 17.4. The van der Waals surface area contributed by atoms with Gasteiger partial charge < -0.3 is 9.52 Å². The maximum Gasteiger partial charge on any atom is 0.378 e. The lowest BCUT2D eigenvalue weighted by Gasteiger charge is -2.05. The van der Waals surface area contributed by atoms with Crippen LogP contribution in [0, 0.1) is 0 Å². The Morgan fingerprint density at radius 1 is 1.30 bits per heavy atom. The normalized spacial score (nSPS) is 13.4. The molecule has 1 atom stereocenters. The van der Waals surface area contributed by atoms with Gasteiger partial charge in [0.05, 0.1) is 0 Å². The Hall–Kier alpha value is -2.88. The molecule has 0 aliphatic rings. The van der Waals surface area contributed by atoms with Crippen LogP contribution in [0.1, 0.15) is 25.5 Å². The van der Waals surface area contributed by atoms with Gasteiger partial charge in [-0.3, -0.25) is 4.79 Å². The molecule has 0 aromatic carbocycles. The summed E-state index contributed by atoms with van der Waals surface area (Å²) in [5.74, 6) is -0.254. The molecule has 1 heterocycles. The van der Waals surface area contributed by atoms with Gasteiger partial charge in [-0.2, -0.15) is 0 Å². The summed E-state index contributed by atoms with van der Waals surface area (Å²) in [4.78, 5) is 22.8. The molecule has 1 N–H and O–H groups in total. The number of hydrogen-bond donors (Lipinski definition) is 1. The van der Waals surface area contributed by atoms with Gasteiger partial charge in [0.25, 0.3) is 0 Å². The lowest BCUT2D eigenvalue weighted by Crippen LogP contribution is -2.01. The quantitative estimate of drug-likeness (QED) is 0.614. The predicted octanol–water partition coefficient (Wildman–Crippen LogP) is 3.82. The van der Waals surface area contributed by atoms with E-state index in [1.54, 1.807) is 18.2 Å². The third-order valence-electron chi connectivity index (χ3n) is 3.07. The number of carbonyl (C=O) groups excluding carboxylic acids is 1. The van der Waals surface area contributed by atoms with Gasteiger partial charge in [-0.25, -0.2) is 4.79 Å². The minimum absolute atomic E-state index is 0.126. The first-order valence-corrected chi connectivity index (χ1v) is 7.07. The molecule has 120 valence electrons. The van der Waals surface area contributed by atoms with E-state index in [1.807, 2.05) is 26.0 Å². The van der Waals surface area contributed by atoms with Gasteiger partial charge in [0.15, 0.2) is 5.78 Å². The topological polar surface area (TPSA) is 67.5 Å². The molecule has 23 heavy (non-hydrogen) atoms. The summed E-state index contributed by atoms with van der Waals surface area (Å²) < 4.78 is 5.01. The van der Waals surface area contributed by atoms with Crippen LogP contribution < -0.4 is 5.63 Å². The maximum atomic E-state index is 11.5. The molecule has 1 aromatic rings. The van der Waals surface area contributed by atoms with Gasteiger partial charge in [-0.15, -0.1) is 0 Å². The van der Waals surface area contributed by atoms with E-state index in [4.69, 9.17) is 4.42 Å². The van der Waals surface area contributed by atoms with Gasteiger partial charge in [-0.1, -0.05) is 56.0 Å². The van der Waals surface area contributed by atoms with Gasteiger partial charge in [0.1, 0.15) is 5.76 Å². The van der Waals surface area contributed by atoms with Crippen molar-refractivity contribution in [3.8, 4) is 5.75 Å². The van der Waals surface area contributed by atoms with Gasteiger partial charge in [0.2, 0.25) is 5.75 Å². The second kappa shape index (κ2) is 8.54. The van der Waals surface area contributed by atoms with Gasteiger partial charge >= 0.3 is 5.63 Å². The summed E-state index contributed by atoms with van der Waals surface area (Å²) in [6, 6.07) is 2.88. The van der Waals surface area contributed by atoms with E-state index >= 15 is 0 Å². The number of hydrogen-bond acceptors (Lipinski definition) is 4. The van der Waals surface area contributed by atoms with Crippen molar-refractivity contribution in [1.29, 1.82) is 0 Å². The Bertz CT molecular complexity index is 745. The number of aromatic hydroxyl groups is 1. The molecule has 1 aromatic heterocycles. The van der Waals surface area contributed by atoms with E-state index in [2.05, 4.69) is 13.2 Å². The van der Waals surface area contributed by atoms with E-state index < -0.39 is 11.4 Å². The molecule has 0 fully saturated rings. The second-order valence-corrected chi connectivity index (χ2v) is 5.02. The highest BCUT2D eigenvalue weighted by Crippen LogP contribution is 2.18. The van der Waals surface area contributed by atoms with Crippen LogP contribution in [0.3, 0.4) is 0 Å². The fourth-order valence-corrected chi connectivity index (χ4v) is 1.76. The molecule has 0 aliphatic heterocycles. The highest BCUT2D eigenvalue weighted by Gasteiger charge is 2.07. The number of ketones is 1. The summed E-state index contributed by atoms with van der Waals surface area (Å²) in [7, 11) is 0. The second-order valence-electron chi connectivity index (χ2n) is 5.02. The minimum atomic E-state index is -0.750. The van der Waals surface area contributed by atoms with E-state index in [-0.39, 0.29) is 11.7 Å². The third-order valence-corrected chi connectivity index (χ3v) is 3.07. The number of carbonyl (C=O) groups is 1. The van der Waals surface area contributed by atoms with E-state index in [0.717, 1.165) is 5.57 Å². The lowest BCUT2D eigenvalue weighted by atomic mass is 10.0. The van der Waals surface area contributed by atoms with Crippen LogP contribution in [0.4, 0.5) is 0 Å². The lowest BCUT2D eigenvalue weighted by molar-refractivity contribution is -0.111. The Morgan fingerprint density at radius 2 is 1.96 bits per heavy atom. The summed E-state index contributed by atoms with van der Waals surface area (Å²) in [6.45, 7) is 10.8. The summed E-state index contributed by atoms with van der Waals surface area (Å²) >= 11 is 0. The van der Waals surface area contributed by atoms with Crippen LogP contribution in [0.25, 0.3) is 0 Å². The van der Waals surface area contributed by atoms with Crippen LogP contribution in [0.15, 0.2) is 82.1 Å². The van der Waals surface area contributed by atoms with E-state index in [0.29, 0.717) is 11.3 Å². The molecule has 0 saturated heterocycles. The molecule has 0 radical (unpaired) electrons. The number of allylic oxidation sites excluding steroid dienone is 8. The Kier molecular flexibility index (Phi) is 6.74. The Labute approximate surface area is 135 Å². The largest absolute Gasteiger partial charge is 0.502 e. The molecule has 4 heteroatoms. The maximum absolute atomic E-state index is 11.5. The third kappa shape index (κ3) is 5.79. The monoisotopic (exact) mass is 312 g/mol. The summed E-state index contributed by atoms with van der Waals surface area (Å²) in [5, 5.41) is 9.17. The molecule has 0 saturated carbocycles. The Balaban J connectivity index is 2.74. The average molecular weight is 312 g/mol. The number of rotatable bonds is 7. The fraction of sp³-hybridized carbons (Fsp3) is 0.158. The van der Waals surface area contributed by atoms with Crippen LogP contribution >= 0.6 is 0 Å². The van der Waals surface area contributed by atoms with Gasteiger partial charge in [0, 0.05) is 11.5 Å². The van der Waals surface area contributed by atoms with Crippen molar-refractivity contribution < 1.29 is 14.3 Å². The van der Waals surface area contributed by atoms with Crippen molar-refractivity contribution in [3.05, 3.63) is 89.1 Å². The zero-order valence-electron chi connectivity index (χ0n) is 13.3. The minimum Gasteiger partial charge on any atom is -0.502 e. The van der Waals surface area contributed by atoms with Crippen molar-refractivity contribution in [2.24, 2.45) is 0 Å². The fourth-order valence-electron chi connectivity index (χ4n) is 1.76. The molecule has 0 aliphatic carbocycles. The summed E-state index contributed by atoms with van der Waals surface area (Å²) in [5.41, 5.74) is 0.533. The molecule has 4 nitrogen and oxygen atoms in total. The van der Waals surface area contributed by atoms with Crippen LogP contribution in [-0.2, 0) is 4.79 Å². The molecule has 1 rings (SSSR count). The van der Waals surface area contributed by atoms with Gasteiger partial charge in [-0.05, 0) is 25.1 Å². The van der Waals surface area contributed by atoms with Crippen molar-refractivity contribution >= 4 is 5.78 Å². The standard InChI is InChI=1S/C19H20O4/c1-5-14(3)16(20)9-7-6-8-13(2)12-15(4)18-11-10-17(21)19(22)23-18/h5-12,15,21H,1,3H2,2,4H3/b8-6-,9-7-,13-12+/t15-/m0/s1. The first-order valence-electron chi connectivity index (χ1n) is 7.07. The molecule has 0 bridgehead atoms. The predicted molar refractivity (Wildman–Crippen MR) is 91.4 cm³/mol. The molecule has 0 amide bonds.